The number of ether oxygens (including phenoxy) is 2. The van der Waals surface area contributed by atoms with Gasteiger partial charge >= 0.3 is 0 Å². The molecule has 5 rings (SSSR count). The smallest absolute Gasteiger partial charge is 0.224 e. The van der Waals surface area contributed by atoms with Gasteiger partial charge in [0.05, 0.1) is 39.0 Å². The monoisotopic (exact) mass is 444 g/mol. The molecule has 4 aromatic rings. The first-order valence-electron chi connectivity index (χ1n) is 11.3. The highest BCUT2D eigenvalue weighted by molar-refractivity contribution is 6.08. The molecule has 1 N–H and O–H groups in total. The maximum atomic E-state index is 13.0. The third-order valence-corrected chi connectivity index (χ3v) is 6.37. The number of furan rings is 1. The summed E-state index contributed by atoms with van der Waals surface area (Å²) in [6.45, 7) is 3.61. The lowest BCUT2D eigenvalue weighted by Gasteiger charge is -2.35. The predicted molar refractivity (Wildman–Crippen MR) is 129 cm³/mol. The molecule has 1 aromatic heterocycles. The maximum Gasteiger partial charge on any atom is 0.224 e. The molecule has 3 aromatic carbocycles. The zero-order chi connectivity index (χ0) is 22.6. The molecule has 1 saturated heterocycles. The second kappa shape index (κ2) is 9.65. The van der Waals surface area contributed by atoms with Crippen LogP contribution < -0.4 is 10.1 Å². The molecule has 0 radical (unpaired) electrons. The summed E-state index contributed by atoms with van der Waals surface area (Å²) in [5.41, 5.74) is 2.87. The Hall–Kier alpha value is -3.35. The van der Waals surface area contributed by atoms with Crippen LogP contribution in [0.2, 0.25) is 0 Å². The lowest BCUT2D eigenvalue weighted by atomic mass is 10.0. The fourth-order valence-electron chi connectivity index (χ4n) is 4.62. The lowest BCUT2D eigenvalue weighted by Crippen LogP contribution is -2.44. The van der Waals surface area contributed by atoms with Crippen LogP contribution in [0.4, 0.5) is 0 Å². The van der Waals surface area contributed by atoms with Gasteiger partial charge in [-0.05, 0) is 34.5 Å². The van der Waals surface area contributed by atoms with Crippen molar-refractivity contribution in [2.24, 2.45) is 0 Å². The number of rotatable bonds is 7. The van der Waals surface area contributed by atoms with Gasteiger partial charge in [-0.2, -0.15) is 0 Å². The first kappa shape index (κ1) is 21.5. The number of nitrogens with one attached hydrogen (secondary N) is 1. The number of methoxy groups -OCH3 is 1. The number of fused-ring (bicyclic) bond motifs is 3. The van der Waals surface area contributed by atoms with Crippen LogP contribution in [-0.2, 0) is 16.0 Å². The van der Waals surface area contributed by atoms with E-state index in [0.717, 1.165) is 51.7 Å². The minimum atomic E-state index is -0.0163. The number of hydrogen-bond donors (Lipinski definition) is 1. The van der Waals surface area contributed by atoms with Crippen molar-refractivity contribution in [3.8, 4) is 5.75 Å². The second-order valence-corrected chi connectivity index (χ2v) is 8.34. The first-order valence-corrected chi connectivity index (χ1v) is 11.3. The van der Waals surface area contributed by atoms with E-state index in [1.54, 1.807) is 13.4 Å². The van der Waals surface area contributed by atoms with Gasteiger partial charge in [0, 0.05) is 30.6 Å². The molecule has 2 heterocycles. The molecule has 170 valence electrons. The average Bonchev–Trinajstić information content (AvgIpc) is 3.28. The van der Waals surface area contributed by atoms with Gasteiger partial charge in [0.25, 0.3) is 0 Å². The van der Waals surface area contributed by atoms with Crippen molar-refractivity contribution in [1.82, 2.24) is 10.2 Å². The molecule has 0 saturated carbocycles. The number of carbonyl (C=O) groups is 1. The molecule has 1 aliphatic heterocycles. The number of carbonyl (C=O) groups excluding carboxylic acids is 1. The van der Waals surface area contributed by atoms with Crippen molar-refractivity contribution in [3.63, 3.8) is 0 Å². The summed E-state index contributed by atoms with van der Waals surface area (Å²) in [5.74, 6) is 0.806. The van der Waals surface area contributed by atoms with Crippen molar-refractivity contribution in [2.45, 2.75) is 12.5 Å². The summed E-state index contributed by atoms with van der Waals surface area (Å²) in [5, 5.41) is 6.43. The van der Waals surface area contributed by atoms with Gasteiger partial charge in [-0.25, -0.2) is 0 Å². The molecule has 33 heavy (non-hydrogen) atoms. The third kappa shape index (κ3) is 4.58. The Morgan fingerprint density at radius 1 is 1.06 bits per heavy atom. The van der Waals surface area contributed by atoms with Gasteiger partial charge in [0.2, 0.25) is 5.91 Å². The van der Waals surface area contributed by atoms with Crippen LogP contribution in [0.15, 0.2) is 71.3 Å². The Morgan fingerprint density at radius 3 is 2.64 bits per heavy atom. The molecule has 1 atom stereocenters. The van der Waals surface area contributed by atoms with Crippen molar-refractivity contribution in [3.05, 3.63) is 78.1 Å². The summed E-state index contributed by atoms with van der Waals surface area (Å²) >= 11 is 0. The molecule has 0 aliphatic carbocycles. The van der Waals surface area contributed by atoms with Gasteiger partial charge in [-0.15, -0.1) is 0 Å². The molecule has 6 heteroatoms. The maximum absolute atomic E-state index is 13.0. The highest BCUT2D eigenvalue weighted by Gasteiger charge is 2.23. The Balaban J connectivity index is 1.33. The number of hydrogen-bond acceptors (Lipinski definition) is 5. The summed E-state index contributed by atoms with van der Waals surface area (Å²) in [6.07, 6.45) is 1.99. The molecular formula is C27H28N2O4. The van der Waals surface area contributed by atoms with Crippen LogP contribution in [0.3, 0.4) is 0 Å². The molecule has 1 aliphatic rings. The zero-order valence-corrected chi connectivity index (χ0v) is 18.8. The average molecular weight is 445 g/mol. The summed E-state index contributed by atoms with van der Waals surface area (Å²) in [4.78, 5) is 15.4. The number of morpholine rings is 1. The highest BCUT2D eigenvalue weighted by Crippen LogP contribution is 2.30. The van der Waals surface area contributed by atoms with E-state index >= 15 is 0 Å². The Morgan fingerprint density at radius 2 is 1.85 bits per heavy atom. The lowest BCUT2D eigenvalue weighted by molar-refractivity contribution is -0.120. The summed E-state index contributed by atoms with van der Waals surface area (Å²) < 4.78 is 16.6. The summed E-state index contributed by atoms with van der Waals surface area (Å²) in [7, 11) is 1.66. The SMILES string of the molecule is COc1ccc(C(CNC(=O)Cc2coc3ccc4ccccc4c23)N2CCOCC2)cc1. The molecule has 1 fully saturated rings. The van der Waals surface area contributed by atoms with E-state index in [0.29, 0.717) is 19.8 Å². The highest BCUT2D eigenvalue weighted by atomic mass is 16.5. The van der Waals surface area contributed by atoms with Crippen LogP contribution in [0.25, 0.3) is 21.7 Å². The largest absolute Gasteiger partial charge is 0.497 e. The standard InChI is InChI=1S/C27H28N2O4/c1-31-22-9-6-20(7-10-22)24(29-12-14-32-15-13-29)17-28-26(30)16-21-18-33-25-11-8-19-4-2-3-5-23(19)27(21)25/h2-11,18,24H,12-17H2,1H3,(H,28,30). The molecular weight excluding hydrogens is 416 g/mol. The predicted octanol–water partition coefficient (Wildman–Crippen LogP) is 4.33. The quantitative estimate of drug-likeness (QED) is 0.460. The van der Waals surface area contributed by atoms with E-state index in [4.69, 9.17) is 13.9 Å². The van der Waals surface area contributed by atoms with Crippen LogP contribution in [0.5, 0.6) is 5.75 Å². The third-order valence-electron chi connectivity index (χ3n) is 6.37. The van der Waals surface area contributed by atoms with Gasteiger partial charge < -0.3 is 19.2 Å². The van der Waals surface area contributed by atoms with E-state index in [1.807, 2.05) is 36.4 Å². The van der Waals surface area contributed by atoms with E-state index < -0.39 is 0 Å². The van der Waals surface area contributed by atoms with E-state index in [1.165, 1.54) is 0 Å². The molecule has 6 nitrogen and oxygen atoms in total. The van der Waals surface area contributed by atoms with Crippen molar-refractivity contribution < 1.29 is 18.7 Å². The Kier molecular flexibility index (Phi) is 6.28. The molecule has 1 unspecified atom stereocenters. The van der Waals surface area contributed by atoms with Crippen LogP contribution in [-0.4, -0.2) is 50.8 Å². The molecule has 1 amide bonds. The number of nitrogens with zero attached hydrogens (tertiary/aromatic N) is 1. The number of benzene rings is 3. The van der Waals surface area contributed by atoms with Crippen molar-refractivity contribution in [2.75, 3.05) is 40.0 Å². The van der Waals surface area contributed by atoms with E-state index in [-0.39, 0.29) is 18.4 Å². The fraction of sp³-hybridized carbons (Fsp3) is 0.296. The minimum Gasteiger partial charge on any atom is -0.497 e. The van der Waals surface area contributed by atoms with Gasteiger partial charge in [0.15, 0.2) is 0 Å². The second-order valence-electron chi connectivity index (χ2n) is 8.34. The van der Waals surface area contributed by atoms with Gasteiger partial charge in [0.1, 0.15) is 11.3 Å². The van der Waals surface area contributed by atoms with Crippen LogP contribution >= 0.6 is 0 Å². The topological polar surface area (TPSA) is 63.9 Å². The Bertz CT molecular complexity index is 1240. The molecule has 0 bridgehead atoms. The van der Waals surface area contributed by atoms with E-state index in [2.05, 4.69) is 34.5 Å². The molecule has 0 spiro atoms. The Labute approximate surface area is 193 Å². The minimum absolute atomic E-state index is 0.0163. The number of amides is 1. The normalized spacial score (nSPS) is 15.5. The fourth-order valence-corrected chi connectivity index (χ4v) is 4.62. The summed E-state index contributed by atoms with van der Waals surface area (Å²) in [6, 6.07) is 20.4. The van der Waals surface area contributed by atoms with Crippen LogP contribution in [0, 0.1) is 0 Å². The first-order chi connectivity index (χ1) is 16.2. The van der Waals surface area contributed by atoms with Gasteiger partial charge in [-0.3, -0.25) is 9.69 Å². The van der Waals surface area contributed by atoms with Crippen molar-refractivity contribution in [1.29, 1.82) is 0 Å². The zero-order valence-electron chi connectivity index (χ0n) is 18.8. The van der Waals surface area contributed by atoms with Crippen LogP contribution in [0.1, 0.15) is 17.2 Å². The van der Waals surface area contributed by atoms with Crippen molar-refractivity contribution >= 4 is 27.6 Å². The van der Waals surface area contributed by atoms with E-state index in [9.17, 15) is 4.79 Å². The van der Waals surface area contributed by atoms with Gasteiger partial charge in [-0.1, -0.05) is 42.5 Å².